The third-order valence-electron chi connectivity index (χ3n) is 3.94. The quantitative estimate of drug-likeness (QED) is 0.577. The van der Waals surface area contributed by atoms with E-state index in [1.54, 1.807) is 4.68 Å². The first-order chi connectivity index (χ1) is 13.3. The third kappa shape index (κ3) is 3.87. The Morgan fingerprint density at radius 1 is 1.30 bits per heavy atom. The fourth-order valence-corrected chi connectivity index (χ4v) is 3.95. The van der Waals surface area contributed by atoms with Gasteiger partial charge in [-0.05, 0) is 41.6 Å². The van der Waals surface area contributed by atoms with Crippen molar-refractivity contribution in [1.82, 2.24) is 20.2 Å². The highest BCUT2D eigenvalue weighted by molar-refractivity contribution is 7.98. The van der Waals surface area contributed by atoms with Gasteiger partial charge in [-0.15, -0.1) is 5.10 Å². The Morgan fingerprint density at radius 2 is 2.19 bits per heavy atom. The van der Waals surface area contributed by atoms with Gasteiger partial charge in [-0.2, -0.15) is 4.68 Å². The van der Waals surface area contributed by atoms with E-state index >= 15 is 0 Å². The van der Waals surface area contributed by atoms with Crippen molar-refractivity contribution in [2.75, 3.05) is 13.4 Å². The van der Waals surface area contributed by atoms with E-state index in [-0.39, 0.29) is 6.79 Å². The average Bonchev–Trinajstić information content (AvgIpc) is 3.15. The minimum Gasteiger partial charge on any atom is -0.492 e. The first-order valence-electron chi connectivity index (χ1n) is 8.41. The monoisotopic (exact) mass is 404 g/mol. The van der Waals surface area contributed by atoms with Gasteiger partial charge in [0.25, 0.3) is 0 Å². The number of tetrazole rings is 1. The molecule has 4 rings (SSSR count). The first-order valence-corrected chi connectivity index (χ1v) is 9.78. The second-order valence-corrected chi connectivity index (χ2v) is 7.11. The maximum absolute atomic E-state index is 6.24. The molecule has 27 heavy (non-hydrogen) atoms. The summed E-state index contributed by atoms with van der Waals surface area (Å²) in [5.74, 6) is 2.17. The Hall–Kier alpha value is -2.29. The lowest BCUT2D eigenvalue weighted by Crippen LogP contribution is -2.13. The molecule has 0 amide bonds. The molecule has 140 valence electrons. The zero-order valence-corrected chi connectivity index (χ0v) is 16.2. The Kier molecular flexibility index (Phi) is 5.47. The van der Waals surface area contributed by atoms with Gasteiger partial charge in [0.1, 0.15) is 17.2 Å². The van der Waals surface area contributed by atoms with Crippen LogP contribution in [-0.2, 0) is 17.1 Å². The highest BCUT2D eigenvalue weighted by Gasteiger charge is 2.19. The Balaban J connectivity index is 1.60. The molecule has 0 saturated carbocycles. The zero-order valence-electron chi connectivity index (χ0n) is 14.6. The molecule has 1 aromatic heterocycles. The van der Waals surface area contributed by atoms with Gasteiger partial charge in [-0.25, -0.2) is 0 Å². The van der Waals surface area contributed by atoms with Crippen molar-refractivity contribution in [2.45, 2.75) is 24.4 Å². The SMILES string of the molecule is CCOc1ccccc1-n1nnnc1SCc1cc(Cl)cc2c1OCOC2. The van der Waals surface area contributed by atoms with Crippen LogP contribution in [0.25, 0.3) is 5.69 Å². The second-order valence-electron chi connectivity index (χ2n) is 5.73. The van der Waals surface area contributed by atoms with Crippen LogP contribution in [0.3, 0.4) is 0 Å². The van der Waals surface area contributed by atoms with Crippen LogP contribution in [-0.4, -0.2) is 33.6 Å². The van der Waals surface area contributed by atoms with Crippen molar-refractivity contribution in [3.05, 3.63) is 52.5 Å². The molecule has 1 aliphatic rings. The summed E-state index contributed by atoms with van der Waals surface area (Å²) in [5.41, 5.74) is 2.73. The van der Waals surface area contributed by atoms with Gasteiger partial charge < -0.3 is 14.2 Å². The smallest absolute Gasteiger partial charge is 0.214 e. The number of hydrogen-bond donors (Lipinski definition) is 0. The molecule has 1 aliphatic heterocycles. The van der Waals surface area contributed by atoms with Crippen LogP contribution in [0, 0.1) is 0 Å². The maximum Gasteiger partial charge on any atom is 0.214 e. The summed E-state index contributed by atoms with van der Waals surface area (Å²) in [6.45, 7) is 3.24. The molecule has 0 bridgehead atoms. The number of benzene rings is 2. The van der Waals surface area contributed by atoms with Crippen molar-refractivity contribution in [3.8, 4) is 17.2 Å². The zero-order chi connectivity index (χ0) is 18.6. The molecular weight excluding hydrogens is 388 g/mol. The summed E-state index contributed by atoms with van der Waals surface area (Å²) in [4.78, 5) is 0. The largest absolute Gasteiger partial charge is 0.492 e. The van der Waals surface area contributed by atoms with Crippen LogP contribution in [0.15, 0.2) is 41.6 Å². The Labute approximate surface area is 165 Å². The molecule has 0 N–H and O–H groups in total. The molecule has 0 fully saturated rings. The molecular formula is C18H17ClN4O3S. The molecule has 3 aromatic rings. The maximum atomic E-state index is 6.24. The standard InChI is InChI=1S/C18H17ClN4O3S/c1-2-25-16-6-4-3-5-15(16)23-18(20-21-22-23)27-10-13-8-14(19)7-12-9-24-11-26-17(12)13/h3-8H,2,9-11H2,1H3. The molecule has 2 aromatic carbocycles. The summed E-state index contributed by atoms with van der Waals surface area (Å²) in [6, 6.07) is 11.4. The van der Waals surface area contributed by atoms with Crippen LogP contribution in [0.4, 0.5) is 0 Å². The number of rotatable bonds is 6. The van der Waals surface area contributed by atoms with E-state index in [1.165, 1.54) is 11.8 Å². The van der Waals surface area contributed by atoms with Crippen molar-refractivity contribution >= 4 is 23.4 Å². The van der Waals surface area contributed by atoms with E-state index in [0.29, 0.717) is 29.1 Å². The highest BCUT2D eigenvalue weighted by atomic mass is 35.5. The summed E-state index contributed by atoms with van der Waals surface area (Å²) in [6.07, 6.45) is 0. The van der Waals surface area contributed by atoms with Gasteiger partial charge in [-0.3, -0.25) is 0 Å². The van der Waals surface area contributed by atoms with Crippen LogP contribution >= 0.6 is 23.4 Å². The van der Waals surface area contributed by atoms with E-state index in [2.05, 4.69) is 15.5 Å². The van der Waals surface area contributed by atoms with Gasteiger partial charge in [0.05, 0.1) is 13.2 Å². The van der Waals surface area contributed by atoms with E-state index in [1.807, 2.05) is 43.3 Å². The molecule has 7 nitrogen and oxygen atoms in total. The number of thioether (sulfide) groups is 1. The van der Waals surface area contributed by atoms with Crippen LogP contribution < -0.4 is 9.47 Å². The molecule has 0 radical (unpaired) electrons. The van der Waals surface area contributed by atoms with E-state index in [0.717, 1.165) is 28.3 Å². The van der Waals surface area contributed by atoms with E-state index < -0.39 is 0 Å². The molecule has 2 heterocycles. The fourth-order valence-electron chi connectivity index (χ4n) is 2.84. The Morgan fingerprint density at radius 3 is 3.07 bits per heavy atom. The summed E-state index contributed by atoms with van der Waals surface area (Å²) in [5, 5.41) is 13.4. The molecule has 9 heteroatoms. The predicted octanol–water partition coefficient (Wildman–Crippen LogP) is 3.87. The van der Waals surface area contributed by atoms with Gasteiger partial charge in [0, 0.05) is 21.9 Å². The van der Waals surface area contributed by atoms with E-state index in [4.69, 9.17) is 25.8 Å². The van der Waals surface area contributed by atoms with Crippen LogP contribution in [0.1, 0.15) is 18.1 Å². The van der Waals surface area contributed by atoms with Crippen molar-refractivity contribution < 1.29 is 14.2 Å². The normalized spacial score (nSPS) is 13.1. The highest BCUT2D eigenvalue weighted by Crippen LogP contribution is 2.35. The van der Waals surface area contributed by atoms with Crippen molar-refractivity contribution in [3.63, 3.8) is 0 Å². The minimum absolute atomic E-state index is 0.242. The molecule has 0 saturated heterocycles. The van der Waals surface area contributed by atoms with Crippen molar-refractivity contribution in [2.24, 2.45) is 0 Å². The Bertz CT molecular complexity index is 950. The molecule has 0 unspecified atom stereocenters. The lowest BCUT2D eigenvalue weighted by molar-refractivity contribution is -0.0168. The number of fused-ring (bicyclic) bond motifs is 1. The number of hydrogen-bond acceptors (Lipinski definition) is 7. The topological polar surface area (TPSA) is 71.3 Å². The lowest BCUT2D eigenvalue weighted by Gasteiger charge is -2.21. The number of nitrogens with zero attached hydrogens (tertiary/aromatic N) is 4. The predicted molar refractivity (Wildman–Crippen MR) is 102 cm³/mol. The minimum atomic E-state index is 0.242. The molecule has 0 aliphatic carbocycles. The van der Waals surface area contributed by atoms with Gasteiger partial charge in [0.2, 0.25) is 5.16 Å². The van der Waals surface area contributed by atoms with Crippen LogP contribution in [0.2, 0.25) is 5.02 Å². The van der Waals surface area contributed by atoms with Gasteiger partial charge in [0.15, 0.2) is 6.79 Å². The number of ether oxygens (including phenoxy) is 3. The number of aromatic nitrogens is 4. The van der Waals surface area contributed by atoms with Gasteiger partial charge >= 0.3 is 0 Å². The summed E-state index contributed by atoms with van der Waals surface area (Å²) < 4.78 is 18.4. The molecule has 0 atom stereocenters. The van der Waals surface area contributed by atoms with Crippen LogP contribution in [0.5, 0.6) is 11.5 Å². The molecule has 0 spiro atoms. The lowest BCUT2D eigenvalue weighted by atomic mass is 10.1. The summed E-state index contributed by atoms with van der Waals surface area (Å²) >= 11 is 7.74. The third-order valence-corrected chi connectivity index (χ3v) is 5.13. The fraction of sp³-hybridized carbons (Fsp3) is 0.278. The second kappa shape index (κ2) is 8.16. The van der Waals surface area contributed by atoms with E-state index in [9.17, 15) is 0 Å². The average molecular weight is 405 g/mol. The number of para-hydroxylation sites is 2. The summed E-state index contributed by atoms with van der Waals surface area (Å²) in [7, 11) is 0. The number of halogens is 1. The van der Waals surface area contributed by atoms with Crippen molar-refractivity contribution in [1.29, 1.82) is 0 Å². The van der Waals surface area contributed by atoms with Gasteiger partial charge in [-0.1, -0.05) is 35.5 Å². The first kappa shape index (κ1) is 18.1.